The second-order valence-corrected chi connectivity index (χ2v) is 8.62. The fourth-order valence-electron chi connectivity index (χ4n) is 4.23. The number of carbonyl (C=O) groups excluding carboxylic acids is 1. The first-order valence-electron chi connectivity index (χ1n) is 8.56. The summed E-state index contributed by atoms with van der Waals surface area (Å²) in [6.07, 6.45) is 5.52. The first kappa shape index (κ1) is 15.9. The third kappa shape index (κ3) is 3.51. The number of hydrogen-bond donors (Lipinski definition) is 1. The van der Waals surface area contributed by atoms with E-state index in [0.29, 0.717) is 12.0 Å². The largest absolute Gasteiger partial charge is 0.352 e. The molecular formula is C19H27NOS. The second-order valence-electron chi connectivity index (χ2n) is 7.21. The molecule has 2 bridgehead atoms. The number of carbonyl (C=O) groups is 1. The van der Waals surface area contributed by atoms with E-state index in [2.05, 4.69) is 43.4 Å². The molecule has 0 heterocycles. The summed E-state index contributed by atoms with van der Waals surface area (Å²) in [7, 11) is 0. The van der Waals surface area contributed by atoms with E-state index in [0.717, 1.165) is 11.8 Å². The fourth-order valence-corrected chi connectivity index (χ4v) is 5.11. The van der Waals surface area contributed by atoms with Crippen LogP contribution in [0.5, 0.6) is 0 Å². The molecule has 0 aliphatic heterocycles. The number of nitrogens with one attached hydrogen (secondary N) is 1. The summed E-state index contributed by atoms with van der Waals surface area (Å²) in [6, 6.07) is 8.73. The standard InChI is InChI=1S/C19H27NOS/c1-12-4-8-17(9-5-12)22-14(3)19(21)20-13(2)18-11-15-6-7-16(18)10-15/h4-5,8-9,13-16,18H,6-7,10-11H2,1-3H3,(H,20,21). The van der Waals surface area contributed by atoms with Crippen molar-refractivity contribution in [3.8, 4) is 0 Å². The van der Waals surface area contributed by atoms with Crippen molar-refractivity contribution in [3.05, 3.63) is 29.8 Å². The van der Waals surface area contributed by atoms with Gasteiger partial charge in [-0.15, -0.1) is 11.8 Å². The van der Waals surface area contributed by atoms with Crippen LogP contribution in [0.25, 0.3) is 0 Å². The lowest BCUT2D eigenvalue weighted by molar-refractivity contribution is -0.121. The monoisotopic (exact) mass is 317 g/mol. The number of rotatable bonds is 5. The maximum absolute atomic E-state index is 12.5. The summed E-state index contributed by atoms with van der Waals surface area (Å²) in [5.74, 6) is 2.69. The number of thioether (sulfide) groups is 1. The van der Waals surface area contributed by atoms with E-state index in [1.807, 2.05) is 6.92 Å². The van der Waals surface area contributed by atoms with Crippen LogP contribution in [0.2, 0.25) is 0 Å². The van der Waals surface area contributed by atoms with E-state index in [4.69, 9.17) is 0 Å². The lowest BCUT2D eigenvalue weighted by Gasteiger charge is -2.29. The minimum absolute atomic E-state index is 0.0382. The molecule has 2 saturated carbocycles. The van der Waals surface area contributed by atoms with Gasteiger partial charge >= 0.3 is 0 Å². The molecule has 2 aliphatic carbocycles. The zero-order valence-electron chi connectivity index (χ0n) is 13.8. The molecular weight excluding hydrogens is 290 g/mol. The van der Waals surface area contributed by atoms with Crippen molar-refractivity contribution in [3.63, 3.8) is 0 Å². The molecule has 120 valence electrons. The van der Waals surface area contributed by atoms with E-state index in [1.165, 1.54) is 36.1 Å². The van der Waals surface area contributed by atoms with Crippen molar-refractivity contribution >= 4 is 17.7 Å². The summed E-state index contributed by atoms with van der Waals surface area (Å²) in [6.45, 7) is 6.29. The molecule has 22 heavy (non-hydrogen) atoms. The van der Waals surface area contributed by atoms with Crippen molar-refractivity contribution < 1.29 is 4.79 Å². The molecule has 5 atom stereocenters. The Morgan fingerprint density at radius 3 is 2.50 bits per heavy atom. The van der Waals surface area contributed by atoms with Crippen molar-refractivity contribution in [2.24, 2.45) is 17.8 Å². The summed E-state index contributed by atoms with van der Waals surface area (Å²) in [4.78, 5) is 13.6. The highest BCUT2D eigenvalue weighted by molar-refractivity contribution is 8.00. The Bertz CT molecular complexity index is 527. The van der Waals surface area contributed by atoms with E-state index >= 15 is 0 Å². The smallest absolute Gasteiger partial charge is 0.233 e. The zero-order chi connectivity index (χ0) is 15.7. The number of fused-ring (bicyclic) bond motifs is 2. The van der Waals surface area contributed by atoms with Crippen molar-refractivity contribution in [1.82, 2.24) is 5.32 Å². The van der Waals surface area contributed by atoms with E-state index in [9.17, 15) is 4.79 Å². The van der Waals surface area contributed by atoms with Gasteiger partial charge in [0, 0.05) is 10.9 Å². The molecule has 0 saturated heterocycles. The van der Waals surface area contributed by atoms with Gasteiger partial charge in [-0.05, 0) is 69.9 Å². The van der Waals surface area contributed by atoms with Gasteiger partial charge in [-0.3, -0.25) is 4.79 Å². The van der Waals surface area contributed by atoms with E-state index in [1.54, 1.807) is 11.8 Å². The lowest BCUT2D eigenvalue weighted by Crippen LogP contribution is -2.43. The van der Waals surface area contributed by atoms with E-state index in [-0.39, 0.29) is 11.2 Å². The fraction of sp³-hybridized carbons (Fsp3) is 0.632. The van der Waals surface area contributed by atoms with Crippen LogP contribution in [0.3, 0.4) is 0 Å². The minimum atomic E-state index is -0.0382. The first-order valence-corrected chi connectivity index (χ1v) is 9.44. The van der Waals surface area contributed by atoms with Gasteiger partial charge in [0.15, 0.2) is 0 Å². The molecule has 0 spiro atoms. The lowest BCUT2D eigenvalue weighted by atomic mass is 9.84. The second kappa shape index (κ2) is 6.66. The van der Waals surface area contributed by atoms with Crippen molar-refractivity contribution in [1.29, 1.82) is 0 Å². The molecule has 2 aliphatic rings. The highest BCUT2D eigenvalue weighted by atomic mass is 32.2. The van der Waals surface area contributed by atoms with Crippen LogP contribution in [0.4, 0.5) is 0 Å². The Morgan fingerprint density at radius 1 is 1.18 bits per heavy atom. The highest BCUT2D eigenvalue weighted by Gasteiger charge is 2.42. The average Bonchev–Trinajstić information content (AvgIpc) is 3.12. The van der Waals surface area contributed by atoms with Gasteiger partial charge < -0.3 is 5.32 Å². The summed E-state index contributed by atoms with van der Waals surface area (Å²) in [5.41, 5.74) is 1.26. The number of amides is 1. The molecule has 2 fully saturated rings. The number of aryl methyl sites for hydroxylation is 1. The van der Waals surface area contributed by atoms with Crippen LogP contribution < -0.4 is 5.32 Å². The predicted octanol–water partition coefficient (Wildman–Crippen LogP) is 4.42. The van der Waals surface area contributed by atoms with Crippen molar-refractivity contribution in [2.45, 2.75) is 62.6 Å². The minimum Gasteiger partial charge on any atom is -0.352 e. The van der Waals surface area contributed by atoms with Crippen LogP contribution in [0, 0.1) is 24.7 Å². The zero-order valence-corrected chi connectivity index (χ0v) is 14.7. The average molecular weight is 317 g/mol. The molecule has 1 amide bonds. The molecule has 5 unspecified atom stereocenters. The Hall–Kier alpha value is -0.960. The molecule has 1 N–H and O–H groups in total. The summed E-state index contributed by atoms with van der Waals surface area (Å²) < 4.78 is 0. The van der Waals surface area contributed by atoms with Gasteiger partial charge in [0.1, 0.15) is 0 Å². The number of hydrogen-bond acceptors (Lipinski definition) is 2. The maximum Gasteiger partial charge on any atom is 0.233 e. The molecule has 3 rings (SSSR count). The van der Waals surface area contributed by atoms with Gasteiger partial charge in [-0.1, -0.05) is 24.1 Å². The van der Waals surface area contributed by atoms with Gasteiger partial charge in [0.05, 0.1) is 5.25 Å². The SMILES string of the molecule is Cc1ccc(SC(C)C(=O)NC(C)C2CC3CCC2C3)cc1. The maximum atomic E-state index is 12.5. The normalized spacial score (nSPS) is 29.3. The highest BCUT2D eigenvalue weighted by Crippen LogP contribution is 2.49. The van der Waals surface area contributed by atoms with Gasteiger partial charge in [-0.2, -0.15) is 0 Å². The van der Waals surface area contributed by atoms with Gasteiger partial charge in [-0.25, -0.2) is 0 Å². The third-order valence-corrected chi connectivity index (χ3v) is 6.62. The summed E-state index contributed by atoms with van der Waals surface area (Å²) >= 11 is 1.65. The topological polar surface area (TPSA) is 29.1 Å². The molecule has 0 radical (unpaired) electrons. The third-order valence-electron chi connectivity index (χ3n) is 5.51. The van der Waals surface area contributed by atoms with Crippen LogP contribution in [0.1, 0.15) is 45.1 Å². The van der Waals surface area contributed by atoms with Crippen molar-refractivity contribution in [2.75, 3.05) is 0 Å². The molecule has 1 aromatic carbocycles. The molecule has 1 aromatic rings. The Balaban J connectivity index is 1.51. The van der Waals surface area contributed by atoms with E-state index < -0.39 is 0 Å². The van der Waals surface area contributed by atoms with Crippen LogP contribution >= 0.6 is 11.8 Å². The summed E-state index contributed by atoms with van der Waals surface area (Å²) in [5, 5.41) is 3.24. The van der Waals surface area contributed by atoms with Crippen LogP contribution in [-0.4, -0.2) is 17.2 Å². The number of benzene rings is 1. The van der Waals surface area contributed by atoms with Gasteiger partial charge in [0.25, 0.3) is 0 Å². The van der Waals surface area contributed by atoms with Crippen LogP contribution in [0.15, 0.2) is 29.2 Å². The molecule has 2 nitrogen and oxygen atoms in total. The Labute approximate surface area is 138 Å². The van der Waals surface area contributed by atoms with Crippen LogP contribution in [-0.2, 0) is 4.79 Å². The predicted molar refractivity (Wildman–Crippen MR) is 93.0 cm³/mol. The Morgan fingerprint density at radius 2 is 1.91 bits per heavy atom. The van der Waals surface area contributed by atoms with Gasteiger partial charge in [0.2, 0.25) is 5.91 Å². The molecule has 0 aromatic heterocycles. The molecule has 3 heteroatoms. The first-order chi connectivity index (χ1) is 10.5. The quantitative estimate of drug-likeness (QED) is 0.815. The Kier molecular flexibility index (Phi) is 4.82.